The Bertz CT molecular complexity index is 733. The predicted molar refractivity (Wildman–Crippen MR) is 91.6 cm³/mol. The van der Waals surface area contributed by atoms with E-state index in [-0.39, 0.29) is 17.6 Å². The Hall–Kier alpha value is -2.73. The highest BCUT2D eigenvalue weighted by molar-refractivity contribution is 5.94. The zero-order chi connectivity index (χ0) is 16.9. The van der Waals surface area contributed by atoms with Crippen LogP contribution < -0.4 is 5.32 Å². The smallest absolute Gasteiger partial charge is 0.269 e. The largest absolute Gasteiger partial charge is 0.325 e. The van der Waals surface area contributed by atoms with Gasteiger partial charge in [0.05, 0.1) is 11.0 Å². The maximum Gasteiger partial charge on any atom is 0.269 e. The van der Waals surface area contributed by atoms with Gasteiger partial charge in [-0.15, -0.1) is 0 Å². The number of rotatable bonds is 5. The van der Waals surface area contributed by atoms with Gasteiger partial charge < -0.3 is 5.32 Å². The number of nitrogens with one attached hydrogen (secondary N) is 1. The standard InChI is InChI=1S/C18H19N3O3/c22-18(19-15-7-2-1-3-8-15)17-10-5-11-20(17)13-14-6-4-9-16(12-14)21(23)24/h1-4,6-9,12,17H,5,10-11,13H2,(H,19,22)/t17-/m0/s1. The number of carbonyl (C=O) groups is 1. The molecule has 0 spiro atoms. The maximum atomic E-state index is 12.5. The van der Waals surface area contributed by atoms with Gasteiger partial charge in [0.15, 0.2) is 0 Å². The number of nitro benzene ring substituents is 1. The molecule has 1 aliphatic heterocycles. The first-order valence-electron chi connectivity index (χ1n) is 7.97. The molecule has 1 saturated heterocycles. The van der Waals surface area contributed by atoms with Crippen molar-refractivity contribution in [1.82, 2.24) is 4.90 Å². The second-order valence-electron chi connectivity index (χ2n) is 5.91. The van der Waals surface area contributed by atoms with E-state index in [9.17, 15) is 14.9 Å². The van der Waals surface area contributed by atoms with Crippen LogP contribution in [0.5, 0.6) is 0 Å². The number of non-ortho nitro benzene ring substituents is 1. The van der Waals surface area contributed by atoms with Crippen LogP contribution in [-0.2, 0) is 11.3 Å². The summed E-state index contributed by atoms with van der Waals surface area (Å²) in [5, 5.41) is 13.8. The monoisotopic (exact) mass is 325 g/mol. The van der Waals surface area contributed by atoms with Crippen molar-refractivity contribution >= 4 is 17.3 Å². The molecule has 0 bridgehead atoms. The number of anilines is 1. The number of nitro groups is 1. The lowest BCUT2D eigenvalue weighted by Crippen LogP contribution is -2.39. The Morgan fingerprint density at radius 1 is 1.21 bits per heavy atom. The van der Waals surface area contributed by atoms with Gasteiger partial charge in [-0.25, -0.2) is 0 Å². The van der Waals surface area contributed by atoms with Gasteiger partial charge >= 0.3 is 0 Å². The van der Waals surface area contributed by atoms with E-state index in [1.165, 1.54) is 6.07 Å². The fourth-order valence-electron chi connectivity index (χ4n) is 3.06. The number of para-hydroxylation sites is 1. The van der Waals surface area contributed by atoms with Crippen molar-refractivity contribution in [1.29, 1.82) is 0 Å². The van der Waals surface area contributed by atoms with Crippen LogP contribution in [0.4, 0.5) is 11.4 Å². The molecule has 0 aliphatic carbocycles. The summed E-state index contributed by atoms with van der Waals surface area (Å²) in [4.78, 5) is 25.1. The molecule has 2 aromatic carbocycles. The number of hydrogen-bond donors (Lipinski definition) is 1. The lowest BCUT2D eigenvalue weighted by atomic mass is 10.1. The average molecular weight is 325 g/mol. The molecule has 1 fully saturated rings. The molecule has 3 rings (SSSR count). The van der Waals surface area contributed by atoms with Gasteiger partial charge in [-0.3, -0.25) is 19.8 Å². The average Bonchev–Trinajstić information content (AvgIpc) is 3.04. The van der Waals surface area contributed by atoms with Gasteiger partial charge in [-0.2, -0.15) is 0 Å². The van der Waals surface area contributed by atoms with Crippen LogP contribution in [0.1, 0.15) is 18.4 Å². The van der Waals surface area contributed by atoms with Crippen LogP contribution in [0.25, 0.3) is 0 Å². The lowest BCUT2D eigenvalue weighted by Gasteiger charge is -2.23. The molecule has 0 unspecified atom stereocenters. The van der Waals surface area contributed by atoms with E-state index in [1.54, 1.807) is 12.1 Å². The Morgan fingerprint density at radius 2 is 2.00 bits per heavy atom. The van der Waals surface area contributed by atoms with Crippen molar-refractivity contribution in [2.24, 2.45) is 0 Å². The molecular weight excluding hydrogens is 306 g/mol. The second-order valence-corrected chi connectivity index (χ2v) is 5.91. The number of benzene rings is 2. The normalized spacial score (nSPS) is 17.6. The van der Waals surface area contributed by atoms with Gasteiger partial charge in [-0.1, -0.05) is 30.3 Å². The van der Waals surface area contributed by atoms with Crippen LogP contribution in [0.15, 0.2) is 54.6 Å². The highest BCUT2D eigenvalue weighted by atomic mass is 16.6. The van der Waals surface area contributed by atoms with Crippen molar-refractivity contribution in [2.75, 3.05) is 11.9 Å². The van der Waals surface area contributed by atoms with E-state index in [0.29, 0.717) is 6.54 Å². The molecule has 1 atom stereocenters. The topological polar surface area (TPSA) is 75.5 Å². The maximum absolute atomic E-state index is 12.5. The van der Waals surface area contributed by atoms with Crippen LogP contribution in [-0.4, -0.2) is 28.3 Å². The van der Waals surface area contributed by atoms with E-state index in [1.807, 2.05) is 36.4 Å². The minimum absolute atomic E-state index is 0.0240. The summed E-state index contributed by atoms with van der Waals surface area (Å²) in [6.45, 7) is 1.35. The van der Waals surface area contributed by atoms with E-state index < -0.39 is 4.92 Å². The number of nitrogens with zero attached hydrogens (tertiary/aromatic N) is 2. The Morgan fingerprint density at radius 3 is 2.75 bits per heavy atom. The minimum Gasteiger partial charge on any atom is -0.325 e. The number of carbonyl (C=O) groups excluding carboxylic acids is 1. The first-order chi connectivity index (χ1) is 11.6. The minimum atomic E-state index is -0.396. The van der Waals surface area contributed by atoms with Crippen molar-refractivity contribution in [2.45, 2.75) is 25.4 Å². The summed E-state index contributed by atoms with van der Waals surface area (Å²) in [6.07, 6.45) is 1.75. The third kappa shape index (κ3) is 3.78. The molecule has 1 amide bonds. The molecule has 1 aliphatic rings. The molecule has 0 saturated carbocycles. The van der Waals surface area contributed by atoms with Crippen molar-refractivity contribution in [3.63, 3.8) is 0 Å². The number of likely N-dealkylation sites (tertiary alicyclic amines) is 1. The first-order valence-corrected chi connectivity index (χ1v) is 7.97. The SMILES string of the molecule is O=C(Nc1ccccc1)[C@@H]1CCCN1Cc1cccc([N+](=O)[O-])c1. The van der Waals surface area contributed by atoms with E-state index in [0.717, 1.165) is 30.6 Å². The molecule has 124 valence electrons. The third-order valence-electron chi connectivity index (χ3n) is 4.21. The summed E-state index contributed by atoms with van der Waals surface area (Å²) in [5.41, 5.74) is 1.71. The lowest BCUT2D eigenvalue weighted by molar-refractivity contribution is -0.384. The van der Waals surface area contributed by atoms with Crippen LogP contribution in [0.2, 0.25) is 0 Å². The molecular formula is C18H19N3O3. The summed E-state index contributed by atoms with van der Waals surface area (Å²) < 4.78 is 0. The number of hydrogen-bond acceptors (Lipinski definition) is 4. The van der Waals surface area contributed by atoms with E-state index in [2.05, 4.69) is 10.2 Å². The highest BCUT2D eigenvalue weighted by Crippen LogP contribution is 2.23. The zero-order valence-electron chi connectivity index (χ0n) is 13.2. The Kier molecular flexibility index (Phi) is 4.86. The Balaban J connectivity index is 1.68. The fraction of sp³-hybridized carbons (Fsp3) is 0.278. The van der Waals surface area contributed by atoms with Gasteiger partial charge in [-0.05, 0) is 37.1 Å². The molecule has 2 aromatic rings. The van der Waals surface area contributed by atoms with Crippen molar-refractivity contribution in [3.8, 4) is 0 Å². The third-order valence-corrected chi connectivity index (χ3v) is 4.21. The van der Waals surface area contributed by atoms with Gasteiger partial charge in [0.1, 0.15) is 0 Å². The quantitative estimate of drug-likeness (QED) is 0.676. The van der Waals surface area contributed by atoms with Crippen LogP contribution in [0, 0.1) is 10.1 Å². The van der Waals surface area contributed by atoms with Gasteiger partial charge in [0.25, 0.3) is 5.69 Å². The van der Waals surface area contributed by atoms with Gasteiger partial charge in [0, 0.05) is 24.4 Å². The molecule has 1 heterocycles. The summed E-state index contributed by atoms with van der Waals surface area (Å²) in [7, 11) is 0. The highest BCUT2D eigenvalue weighted by Gasteiger charge is 2.30. The second kappa shape index (κ2) is 7.23. The number of amides is 1. The molecule has 0 aromatic heterocycles. The van der Waals surface area contributed by atoms with Gasteiger partial charge in [0.2, 0.25) is 5.91 Å². The summed E-state index contributed by atoms with van der Waals surface area (Å²) in [6, 6.07) is 15.8. The molecule has 0 radical (unpaired) electrons. The predicted octanol–water partition coefficient (Wildman–Crippen LogP) is 3.20. The van der Waals surface area contributed by atoms with E-state index in [4.69, 9.17) is 0 Å². The molecule has 6 heteroatoms. The zero-order valence-corrected chi connectivity index (χ0v) is 13.2. The molecule has 24 heavy (non-hydrogen) atoms. The van der Waals surface area contributed by atoms with Crippen molar-refractivity contribution in [3.05, 3.63) is 70.3 Å². The summed E-state index contributed by atoms with van der Waals surface area (Å²) >= 11 is 0. The van der Waals surface area contributed by atoms with Crippen LogP contribution >= 0.6 is 0 Å². The van der Waals surface area contributed by atoms with Crippen molar-refractivity contribution < 1.29 is 9.72 Å². The summed E-state index contributed by atoms with van der Waals surface area (Å²) in [5.74, 6) is -0.0240. The molecule has 1 N–H and O–H groups in total. The molecule has 6 nitrogen and oxygen atoms in total. The van der Waals surface area contributed by atoms with Crippen LogP contribution in [0.3, 0.4) is 0 Å². The Labute approximate surface area is 140 Å². The van der Waals surface area contributed by atoms with E-state index >= 15 is 0 Å². The fourth-order valence-corrected chi connectivity index (χ4v) is 3.06. The first kappa shape index (κ1) is 16.1.